The summed E-state index contributed by atoms with van der Waals surface area (Å²) in [5.41, 5.74) is 0.373. The van der Waals surface area contributed by atoms with Crippen molar-refractivity contribution in [2.24, 2.45) is 11.3 Å². The molecule has 1 saturated heterocycles. The maximum absolute atomic E-state index is 5.98. The van der Waals surface area contributed by atoms with Crippen LogP contribution in [0.2, 0.25) is 5.28 Å². The van der Waals surface area contributed by atoms with Gasteiger partial charge in [0.2, 0.25) is 17.2 Å². The summed E-state index contributed by atoms with van der Waals surface area (Å²) in [5.74, 6) is 2.00. The maximum Gasteiger partial charge on any atom is 0.231 e. The van der Waals surface area contributed by atoms with Crippen molar-refractivity contribution in [1.29, 1.82) is 0 Å². The van der Waals surface area contributed by atoms with E-state index in [1.54, 1.807) is 0 Å². The molecule has 20 heavy (non-hydrogen) atoms. The SMILES string of the molecule is CCNc1nc(Cl)nc(N2CCC(C(C)(C)C)CC2)n1. The molecular weight excluding hydrogens is 274 g/mol. The minimum absolute atomic E-state index is 0.254. The number of piperidine rings is 1. The Morgan fingerprint density at radius 1 is 1.20 bits per heavy atom. The first-order valence-corrected chi connectivity index (χ1v) is 7.68. The highest BCUT2D eigenvalue weighted by Crippen LogP contribution is 2.35. The summed E-state index contributed by atoms with van der Waals surface area (Å²) >= 11 is 5.98. The standard InChI is InChI=1S/C14H24ClN5/c1-5-16-12-17-11(15)18-13(19-12)20-8-6-10(7-9-20)14(2,3)4/h10H,5-9H2,1-4H3,(H,16,17,18,19). The molecule has 1 aromatic heterocycles. The molecule has 0 unspecified atom stereocenters. The minimum Gasteiger partial charge on any atom is -0.354 e. The first-order chi connectivity index (χ1) is 9.40. The molecule has 112 valence electrons. The summed E-state index contributed by atoms with van der Waals surface area (Å²) in [6, 6.07) is 0. The van der Waals surface area contributed by atoms with Crippen LogP contribution in [-0.4, -0.2) is 34.6 Å². The van der Waals surface area contributed by atoms with Crippen LogP contribution in [0.3, 0.4) is 0 Å². The summed E-state index contributed by atoms with van der Waals surface area (Å²) in [6.45, 7) is 11.7. The lowest BCUT2D eigenvalue weighted by Gasteiger charge is -2.38. The highest BCUT2D eigenvalue weighted by molar-refractivity contribution is 6.28. The van der Waals surface area contributed by atoms with E-state index in [4.69, 9.17) is 11.6 Å². The molecule has 0 amide bonds. The molecule has 0 bridgehead atoms. The van der Waals surface area contributed by atoms with Gasteiger partial charge in [0.05, 0.1) is 0 Å². The molecule has 0 aliphatic carbocycles. The van der Waals surface area contributed by atoms with Gasteiger partial charge in [-0.2, -0.15) is 15.0 Å². The summed E-state index contributed by atoms with van der Waals surface area (Å²) in [4.78, 5) is 15.0. The number of hydrogen-bond donors (Lipinski definition) is 1. The van der Waals surface area contributed by atoms with E-state index >= 15 is 0 Å². The van der Waals surface area contributed by atoms with Crippen LogP contribution in [-0.2, 0) is 0 Å². The molecule has 1 aliphatic rings. The topological polar surface area (TPSA) is 53.9 Å². The molecule has 0 spiro atoms. The Bertz CT molecular complexity index is 449. The van der Waals surface area contributed by atoms with E-state index in [1.807, 2.05) is 6.92 Å². The second kappa shape index (κ2) is 6.12. The Morgan fingerprint density at radius 3 is 2.40 bits per heavy atom. The van der Waals surface area contributed by atoms with Crippen LogP contribution in [0.5, 0.6) is 0 Å². The fourth-order valence-electron chi connectivity index (χ4n) is 2.66. The van der Waals surface area contributed by atoms with E-state index in [-0.39, 0.29) is 5.28 Å². The van der Waals surface area contributed by atoms with E-state index < -0.39 is 0 Å². The monoisotopic (exact) mass is 297 g/mol. The van der Waals surface area contributed by atoms with Gasteiger partial charge in [0.25, 0.3) is 0 Å². The Hall–Kier alpha value is -1.10. The fourth-order valence-corrected chi connectivity index (χ4v) is 2.82. The van der Waals surface area contributed by atoms with Gasteiger partial charge in [-0.1, -0.05) is 20.8 Å². The number of anilines is 2. The van der Waals surface area contributed by atoms with E-state index in [0.717, 1.165) is 25.6 Å². The average Bonchev–Trinajstić information content (AvgIpc) is 2.37. The van der Waals surface area contributed by atoms with Crippen LogP contribution in [0.1, 0.15) is 40.5 Å². The number of aromatic nitrogens is 3. The van der Waals surface area contributed by atoms with Crippen molar-refractivity contribution in [1.82, 2.24) is 15.0 Å². The van der Waals surface area contributed by atoms with Crippen molar-refractivity contribution < 1.29 is 0 Å². The van der Waals surface area contributed by atoms with Crippen LogP contribution in [0.4, 0.5) is 11.9 Å². The molecule has 1 aliphatic heterocycles. The Labute approximate surface area is 126 Å². The van der Waals surface area contributed by atoms with Gasteiger partial charge in [-0.3, -0.25) is 0 Å². The van der Waals surface area contributed by atoms with Crippen molar-refractivity contribution in [2.75, 3.05) is 29.9 Å². The van der Waals surface area contributed by atoms with Gasteiger partial charge in [0, 0.05) is 19.6 Å². The summed E-state index contributed by atoms with van der Waals surface area (Å²) in [5, 5.41) is 3.34. The normalized spacial score (nSPS) is 17.4. The molecule has 1 fully saturated rings. The maximum atomic E-state index is 5.98. The van der Waals surface area contributed by atoms with Gasteiger partial charge >= 0.3 is 0 Å². The quantitative estimate of drug-likeness (QED) is 0.928. The van der Waals surface area contributed by atoms with Crippen molar-refractivity contribution in [2.45, 2.75) is 40.5 Å². The van der Waals surface area contributed by atoms with Crippen LogP contribution in [0.25, 0.3) is 0 Å². The summed E-state index contributed by atoms with van der Waals surface area (Å²) in [6.07, 6.45) is 2.34. The van der Waals surface area contributed by atoms with Gasteiger partial charge in [0.15, 0.2) is 0 Å². The number of nitrogens with zero attached hydrogens (tertiary/aromatic N) is 4. The van der Waals surface area contributed by atoms with E-state index in [1.165, 1.54) is 12.8 Å². The molecule has 0 aromatic carbocycles. The van der Waals surface area contributed by atoms with Crippen molar-refractivity contribution in [3.05, 3.63) is 5.28 Å². The van der Waals surface area contributed by atoms with E-state index in [2.05, 4.69) is 45.9 Å². The first-order valence-electron chi connectivity index (χ1n) is 7.30. The molecular formula is C14H24ClN5. The van der Waals surface area contributed by atoms with E-state index in [0.29, 0.717) is 17.3 Å². The Kier molecular flexibility index (Phi) is 4.68. The second-order valence-corrected chi connectivity index (χ2v) is 6.72. The van der Waals surface area contributed by atoms with Gasteiger partial charge < -0.3 is 10.2 Å². The zero-order chi connectivity index (χ0) is 14.8. The Balaban J connectivity index is 2.07. The zero-order valence-electron chi connectivity index (χ0n) is 12.8. The molecule has 0 radical (unpaired) electrons. The zero-order valence-corrected chi connectivity index (χ0v) is 13.5. The van der Waals surface area contributed by atoms with E-state index in [9.17, 15) is 0 Å². The first kappa shape index (κ1) is 15.3. The third kappa shape index (κ3) is 3.72. The van der Waals surface area contributed by atoms with Gasteiger partial charge in [-0.25, -0.2) is 0 Å². The lowest BCUT2D eigenvalue weighted by atomic mass is 9.75. The second-order valence-electron chi connectivity index (χ2n) is 6.39. The summed E-state index contributed by atoms with van der Waals surface area (Å²) < 4.78 is 0. The molecule has 1 N–H and O–H groups in total. The summed E-state index contributed by atoms with van der Waals surface area (Å²) in [7, 11) is 0. The van der Waals surface area contributed by atoms with Crippen LogP contribution < -0.4 is 10.2 Å². The number of rotatable bonds is 3. The number of nitrogens with one attached hydrogen (secondary N) is 1. The highest BCUT2D eigenvalue weighted by Gasteiger charge is 2.29. The number of hydrogen-bond acceptors (Lipinski definition) is 5. The molecule has 1 aromatic rings. The fraction of sp³-hybridized carbons (Fsp3) is 0.786. The Morgan fingerprint density at radius 2 is 1.85 bits per heavy atom. The van der Waals surface area contributed by atoms with Crippen molar-refractivity contribution in [3.63, 3.8) is 0 Å². The highest BCUT2D eigenvalue weighted by atomic mass is 35.5. The molecule has 0 saturated carbocycles. The number of halogens is 1. The lowest BCUT2D eigenvalue weighted by Crippen LogP contribution is -2.39. The van der Waals surface area contributed by atoms with Gasteiger partial charge in [-0.05, 0) is 42.7 Å². The lowest BCUT2D eigenvalue weighted by molar-refractivity contribution is 0.198. The van der Waals surface area contributed by atoms with Gasteiger partial charge in [0.1, 0.15) is 0 Å². The van der Waals surface area contributed by atoms with Crippen LogP contribution >= 0.6 is 11.6 Å². The van der Waals surface area contributed by atoms with Crippen LogP contribution in [0, 0.1) is 11.3 Å². The average molecular weight is 298 g/mol. The molecule has 0 atom stereocenters. The molecule has 2 heterocycles. The largest absolute Gasteiger partial charge is 0.354 e. The molecule has 5 nitrogen and oxygen atoms in total. The molecule has 2 rings (SSSR count). The smallest absolute Gasteiger partial charge is 0.231 e. The predicted molar refractivity (Wildman–Crippen MR) is 83.4 cm³/mol. The van der Waals surface area contributed by atoms with Crippen molar-refractivity contribution >= 4 is 23.5 Å². The van der Waals surface area contributed by atoms with Crippen LogP contribution in [0.15, 0.2) is 0 Å². The predicted octanol–water partition coefficient (Wildman–Crippen LogP) is 3.22. The van der Waals surface area contributed by atoms with Crippen molar-refractivity contribution in [3.8, 4) is 0 Å². The minimum atomic E-state index is 0.254. The van der Waals surface area contributed by atoms with Gasteiger partial charge in [-0.15, -0.1) is 0 Å². The third-order valence-electron chi connectivity index (χ3n) is 3.93. The third-order valence-corrected chi connectivity index (χ3v) is 4.10. The molecule has 6 heteroatoms.